The van der Waals surface area contributed by atoms with Crippen LogP contribution in [-0.2, 0) is 10.0 Å². The van der Waals surface area contributed by atoms with Gasteiger partial charge in [0.2, 0.25) is 10.0 Å². The van der Waals surface area contributed by atoms with E-state index in [2.05, 4.69) is 0 Å². The molecule has 0 saturated carbocycles. The van der Waals surface area contributed by atoms with Crippen molar-refractivity contribution in [2.75, 3.05) is 6.54 Å². The highest BCUT2D eigenvalue weighted by molar-refractivity contribution is 7.89. The fraction of sp³-hybridized carbons (Fsp3) is 0.500. The zero-order valence-corrected chi connectivity index (χ0v) is 13.1. The van der Waals surface area contributed by atoms with Crippen molar-refractivity contribution < 1.29 is 12.8 Å². The van der Waals surface area contributed by atoms with Crippen LogP contribution in [0.3, 0.4) is 0 Å². The molecule has 8 heteroatoms. The Morgan fingerprint density at radius 1 is 1.40 bits per heavy atom. The second-order valence-corrected chi connectivity index (χ2v) is 7.57. The summed E-state index contributed by atoms with van der Waals surface area (Å²) >= 11 is 11.4. The fourth-order valence-corrected chi connectivity index (χ4v) is 4.76. The average Bonchev–Trinajstić information content (AvgIpc) is 2.35. The Morgan fingerprint density at radius 3 is 2.65 bits per heavy atom. The summed E-state index contributed by atoms with van der Waals surface area (Å²) in [5.74, 6) is -0.921. The number of piperidine rings is 1. The van der Waals surface area contributed by atoms with Gasteiger partial charge in [0.25, 0.3) is 0 Å². The van der Waals surface area contributed by atoms with Crippen LogP contribution in [0.1, 0.15) is 19.8 Å². The van der Waals surface area contributed by atoms with E-state index in [1.807, 2.05) is 0 Å². The van der Waals surface area contributed by atoms with E-state index in [0.29, 0.717) is 19.4 Å². The standard InChI is InChI=1S/C12H15Cl2FN2O2S/c1-7-6-8(16)4-5-17(7)20(18,19)10-3-2-9(13)12(15)11(10)14/h2-3,7-8H,4-6,16H2,1H3. The minimum Gasteiger partial charge on any atom is -0.328 e. The highest BCUT2D eigenvalue weighted by atomic mass is 35.5. The van der Waals surface area contributed by atoms with Crippen LogP contribution in [0.2, 0.25) is 10.0 Å². The molecule has 20 heavy (non-hydrogen) atoms. The van der Waals surface area contributed by atoms with E-state index >= 15 is 0 Å². The van der Waals surface area contributed by atoms with E-state index in [-0.39, 0.29) is 22.0 Å². The molecule has 1 aromatic rings. The lowest BCUT2D eigenvalue weighted by Crippen LogP contribution is -2.48. The SMILES string of the molecule is CC1CC(N)CCN1S(=O)(=O)c1ccc(Cl)c(F)c1Cl. The maximum atomic E-state index is 13.7. The molecule has 0 bridgehead atoms. The summed E-state index contributed by atoms with van der Waals surface area (Å²) in [4.78, 5) is -0.261. The van der Waals surface area contributed by atoms with Gasteiger partial charge in [-0.3, -0.25) is 0 Å². The number of benzene rings is 1. The Kier molecular flexibility index (Phi) is 4.61. The largest absolute Gasteiger partial charge is 0.328 e. The van der Waals surface area contributed by atoms with Crippen LogP contribution in [-0.4, -0.2) is 31.4 Å². The summed E-state index contributed by atoms with van der Waals surface area (Å²) < 4.78 is 40.2. The van der Waals surface area contributed by atoms with Gasteiger partial charge in [0.15, 0.2) is 5.82 Å². The zero-order valence-electron chi connectivity index (χ0n) is 10.8. The maximum Gasteiger partial charge on any atom is 0.244 e. The molecule has 1 aliphatic heterocycles. The lowest BCUT2D eigenvalue weighted by atomic mass is 10.0. The molecule has 1 saturated heterocycles. The summed E-state index contributed by atoms with van der Waals surface area (Å²) in [6.07, 6.45) is 1.13. The van der Waals surface area contributed by atoms with Gasteiger partial charge in [-0.25, -0.2) is 12.8 Å². The molecule has 2 N–H and O–H groups in total. The van der Waals surface area contributed by atoms with E-state index in [9.17, 15) is 12.8 Å². The molecule has 2 atom stereocenters. The molecule has 1 aliphatic rings. The molecule has 1 heterocycles. The predicted octanol–water partition coefficient (Wildman–Crippen LogP) is 2.63. The molecular weight excluding hydrogens is 326 g/mol. The molecule has 2 unspecified atom stereocenters. The predicted molar refractivity (Wildman–Crippen MR) is 77.0 cm³/mol. The first-order valence-corrected chi connectivity index (χ1v) is 8.35. The molecule has 112 valence electrons. The molecule has 0 aromatic heterocycles. The van der Waals surface area contributed by atoms with Crippen LogP contribution >= 0.6 is 23.2 Å². The van der Waals surface area contributed by atoms with Gasteiger partial charge in [0, 0.05) is 18.6 Å². The van der Waals surface area contributed by atoms with Crippen LogP contribution in [0.5, 0.6) is 0 Å². The molecule has 0 radical (unpaired) electrons. The number of sulfonamides is 1. The highest BCUT2D eigenvalue weighted by Crippen LogP contribution is 2.33. The van der Waals surface area contributed by atoms with E-state index in [1.54, 1.807) is 6.92 Å². The molecular formula is C12H15Cl2FN2O2S. The number of nitrogens with zero attached hydrogens (tertiary/aromatic N) is 1. The van der Waals surface area contributed by atoms with Crippen molar-refractivity contribution in [3.63, 3.8) is 0 Å². The third-order valence-corrected chi connectivity index (χ3v) is 6.27. The third-order valence-electron chi connectivity index (χ3n) is 3.44. The van der Waals surface area contributed by atoms with Crippen molar-refractivity contribution in [2.24, 2.45) is 5.73 Å². The van der Waals surface area contributed by atoms with Gasteiger partial charge >= 0.3 is 0 Å². The smallest absolute Gasteiger partial charge is 0.244 e. The molecule has 1 fully saturated rings. The Labute approximate surface area is 127 Å². The summed E-state index contributed by atoms with van der Waals surface area (Å²) in [6.45, 7) is 2.07. The lowest BCUT2D eigenvalue weighted by molar-refractivity contribution is 0.247. The Bertz CT molecular complexity index is 624. The van der Waals surface area contributed by atoms with Crippen LogP contribution in [0.25, 0.3) is 0 Å². The Hall–Kier alpha value is -0.400. The molecule has 1 aromatic carbocycles. The van der Waals surface area contributed by atoms with Crippen molar-refractivity contribution in [1.82, 2.24) is 4.31 Å². The molecule has 0 amide bonds. The first-order chi connectivity index (χ1) is 9.25. The van der Waals surface area contributed by atoms with Crippen molar-refractivity contribution in [3.05, 3.63) is 28.0 Å². The number of nitrogens with two attached hydrogens (primary N) is 1. The number of hydrogen-bond acceptors (Lipinski definition) is 3. The number of rotatable bonds is 2. The van der Waals surface area contributed by atoms with Crippen LogP contribution in [0.4, 0.5) is 4.39 Å². The van der Waals surface area contributed by atoms with E-state index in [0.717, 1.165) is 0 Å². The fourth-order valence-electron chi connectivity index (χ4n) is 2.38. The molecule has 2 rings (SSSR count). The van der Waals surface area contributed by atoms with Crippen LogP contribution in [0, 0.1) is 5.82 Å². The van der Waals surface area contributed by atoms with Gasteiger partial charge in [-0.05, 0) is 31.9 Å². The van der Waals surface area contributed by atoms with E-state index < -0.39 is 20.9 Å². The molecule has 4 nitrogen and oxygen atoms in total. The van der Waals surface area contributed by atoms with E-state index in [1.165, 1.54) is 16.4 Å². The molecule has 0 spiro atoms. The van der Waals surface area contributed by atoms with Gasteiger partial charge < -0.3 is 5.73 Å². The Balaban J connectivity index is 2.43. The number of hydrogen-bond donors (Lipinski definition) is 1. The summed E-state index contributed by atoms with van der Waals surface area (Å²) in [6, 6.07) is 2.15. The van der Waals surface area contributed by atoms with Gasteiger partial charge in [0.05, 0.1) is 10.0 Å². The van der Waals surface area contributed by atoms with Gasteiger partial charge in [-0.1, -0.05) is 23.2 Å². The average molecular weight is 341 g/mol. The highest BCUT2D eigenvalue weighted by Gasteiger charge is 2.35. The quantitative estimate of drug-likeness (QED) is 0.841. The van der Waals surface area contributed by atoms with E-state index in [4.69, 9.17) is 28.9 Å². The number of halogens is 3. The minimum atomic E-state index is -3.86. The van der Waals surface area contributed by atoms with Crippen molar-refractivity contribution in [3.8, 4) is 0 Å². The first-order valence-electron chi connectivity index (χ1n) is 6.16. The molecule has 0 aliphatic carbocycles. The zero-order chi connectivity index (χ0) is 15.1. The first kappa shape index (κ1) is 16.0. The van der Waals surface area contributed by atoms with Crippen molar-refractivity contribution in [1.29, 1.82) is 0 Å². The van der Waals surface area contributed by atoms with Gasteiger partial charge in [-0.2, -0.15) is 4.31 Å². The maximum absolute atomic E-state index is 13.7. The second kappa shape index (κ2) is 5.77. The monoisotopic (exact) mass is 340 g/mol. The van der Waals surface area contributed by atoms with Crippen molar-refractivity contribution >= 4 is 33.2 Å². The second-order valence-electron chi connectivity index (χ2n) is 4.92. The third kappa shape index (κ3) is 2.80. The van der Waals surface area contributed by atoms with Crippen LogP contribution < -0.4 is 5.73 Å². The van der Waals surface area contributed by atoms with Gasteiger partial charge in [-0.15, -0.1) is 0 Å². The lowest BCUT2D eigenvalue weighted by Gasteiger charge is -2.35. The minimum absolute atomic E-state index is 0.0196. The van der Waals surface area contributed by atoms with Crippen molar-refractivity contribution in [2.45, 2.75) is 36.7 Å². The Morgan fingerprint density at radius 2 is 2.05 bits per heavy atom. The summed E-state index contributed by atoms with van der Waals surface area (Å²) in [5, 5.41) is -0.678. The normalized spacial score (nSPS) is 24.9. The van der Waals surface area contributed by atoms with Gasteiger partial charge in [0.1, 0.15) is 4.90 Å². The summed E-state index contributed by atoms with van der Waals surface area (Å²) in [7, 11) is -3.86. The van der Waals surface area contributed by atoms with Crippen LogP contribution in [0.15, 0.2) is 17.0 Å². The topological polar surface area (TPSA) is 63.4 Å². The summed E-state index contributed by atoms with van der Waals surface area (Å²) in [5.41, 5.74) is 5.82.